The Balaban J connectivity index is 1.69. The molecule has 0 spiro atoms. The molecule has 2 unspecified atom stereocenters. The van der Waals surface area contributed by atoms with E-state index in [1.165, 1.54) is 11.1 Å². The molecule has 0 saturated carbocycles. The van der Waals surface area contributed by atoms with Gasteiger partial charge in [0.15, 0.2) is 0 Å². The largest absolute Gasteiger partial charge is 0.493 e. The zero-order valence-corrected chi connectivity index (χ0v) is 18.1. The molecule has 0 aliphatic carbocycles. The highest BCUT2D eigenvalue weighted by atomic mass is 32.2. The van der Waals surface area contributed by atoms with E-state index in [1.807, 2.05) is 25.1 Å². The third-order valence-corrected chi connectivity index (χ3v) is 6.98. The summed E-state index contributed by atoms with van der Waals surface area (Å²) in [5.74, 6) is 2.64. The number of fused-ring (bicyclic) bond motifs is 1. The van der Waals surface area contributed by atoms with Crippen molar-refractivity contribution in [1.82, 2.24) is 4.72 Å². The standard InChI is InChI=1S/C23H31NO4S/c1-3-14-29(25,26)24-12-13-27-20-10-11-23-22(16-20)21(19(4-2)17-28-23)15-18-8-6-5-7-9-18/h5-11,16,19,21,24H,3-4,12-15,17H2,1-2H3. The van der Waals surface area contributed by atoms with E-state index in [2.05, 4.69) is 42.0 Å². The van der Waals surface area contributed by atoms with Gasteiger partial charge in [-0.2, -0.15) is 0 Å². The van der Waals surface area contributed by atoms with Gasteiger partial charge in [-0.25, -0.2) is 13.1 Å². The van der Waals surface area contributed by atoms with E-state index in [0.717, 1.165) is 30.9 Å². The maximum Gasteiger partial charge on any atom is 0.211 e. The predicted octanol–water partition coefficient (Wildman–Crippen LogP) is 4.14. The Kier molecular flexibility index (Phi) is 7.56. The number of benzene rings is 2. The van der Waals surface area contributed by atoms with Crippen molar-refractivity contribution in [2.24, 2.45) is 5.92 Å². The molecule has 29 heavy (non-hydrogen) atoms. The highest BCUT2D eigenvalue weighted by Crippen LogP contribution is 2.42. The molecule has 2 atom stereocenters. The first-order valence-electron chi connectivity index (χ1n) is 10.4. The average Bonchev–Trinajstić information content (AvgIpc) is 2.72. The summed E-state index contributed by atoms with van der Waals surface area (Å²) in [7, 11) is -3.20. The second kappa shape index (κ2) is 10.1. The van der Waals surface area contributed by atoms with Crippen molar-refractivity contribution >= 4 is 10.0 Å². The second-order valence-electron chi connectivity index (χ2n) is 7.54. The summed E-state index contributed by atoms with van der Waals surface area (Å²) in [4.78, 5) is 0. The van der Waals surface area contributed by atoms with Crippen molar-refractivity contribution in [1.29, 1.82) is 0 Å². The molecule has 3 rings (SSSR count). The van der Waals surface area contributed by atoms with Crippen molar-refractivity contribution in [3.05, 3.63) is 59.7 Å². The quantitative estimate of drug-likeness (QED) is 0.590. The molecular weight excluding hydrogens is 386 g/mol. The first-order chi connectivity index (χ1) is 14.0. The van der Waals surface area contributed by atoms with E-state index < -0.39 is 10.0 Å². The van der Waals surface area contributed by atoms with Crippen LogP contribution in [0.4, 0.5) is 0 Å². The summed E-state index contributed by atoms with van der Waals surface area (Å²) < 4.78 is 37.9. The molecule has 1 heterocycles. The van der Waals surface area contributed by atoms with Crippen LogP contribution in [0.1, 0.15) is 43.7 Å². The lowest BCUT2D eigenvalue weighted by molar-refractivity contribution is 0.187. The Morgan fingerprint density at radius 2 is 1.93 bits per heavy atom. The summed E-state index contributed by atoms with van der Waals surface area (Å²) in [6, 6.07) is 16.5. The van der Waals surface area contributed by atoms with Crippen LogP contribution in [-0.4, -0.2) is 33.9 Å². The first kappa shape index (κ1) is 21.7. The van der Waals surface area contributed by atoms with Gasteiger partial charge in [0.05, 0.1) is 12.4 Å². The molecule has 1 aliphatic heterocycles. The Bertz CT molecular complexity index is 883. The van der Waals surface area contributed by atoms with Gasteiger partial charge >= 0.3 is 0 Å². The van der Waals surface area contributed by atoms with Crippen molar-refractivity contribution in [3.8, 4) is 11.5 Å². The maximum atomic E-state index is 11.7. The van der Waals surface area contributed by atoms with Crippen LogP contribution in [0.25, 0.3) is 0 Å². The second-order valence-corrected chi connectivity index (χ2v) is 9.46. The number of ether oxygens (including phenoxy) is 2. The highest BCUT2D eigenvalue weighted by Gasteiger charge is 2.30. The number of sulfonamides is 1. The summed E-state index contributed by atoms with van der Waals surface area (Å²) in [6.45, 7) is 5.35. The van der Waals surface area contributed by atoms with E-state index in [0.29, 0.717) is 24.9 Å². The van der Waals surface area contributed by atoms with Gasteiger partial charge in [-0.15, -0.1) is 0 Å². The normalized spacial score (nSPS) is 18.7. The fourth-order valence-corrected chi connectivity index (χ4v) is 4.93. The molecule has 1 N–H and O–H groups in total. The van der Waals surface area contributed by atoms with Crippen molar-refractivity contribution in [2.45, 2.75) is 39.0 Å². The first-order valence-corrected chi connectivity index (χ1v) is 12.1. The fourth-order valence-electron chi connectivity index (χ4n) is 3.86. The van der Waals surface area contributed by atoms with Gasteiger partial charge < -0.3 is 9.47 Å². The molecule has 2 aromatic carbocycles. The molecular formula is C23H31NO4S. The summed E-state index contributed by atoms with van der Waals surface area (Å²) in [6.07, 6.45) is 2.62. The van der Waals surface area contributed by atoms with Crippen LogP contribution < -0.4 is 14.2 Å². The van der Waals surface area contributed by atoms with Crippen molar-refractivity contribution < 1.29 is 17.9 Å². The zero-order chi connectivity index (χ0) is 20.7. The van der Waals surface area contributed by atoms with Crippen LogP contribution >= 0.6 is 0 Å². The lowest BCUT2D eigenvalue weighted by Crippen LogP contribution is -2.30. The molecule has 1 aliphatic rings. The molecule has 5 nitrogen and oxygen atoms in total. The maximum absolute atomic E-state index is 11.7. The minimum atomic E-state index is -3.20. The van der Waals surface area contributed by atoms with Crippen LogP contribution in [0, 0.1) is 5.92 Å². The van der Waals surface area contributed by atoms with Gasteiger partial charge in [0.25, 0.3) is 0 Å². The molecule has 0 fully saturated rings. The van der Waals surface area contributed by atoms with Crippen LogP contribution in [0.5, 0.6) is 11.5 Å². The lowest BCUT2D eigenvalue weighted by atomic mass is 9.78. The van der Waals surface area contributed by atoms with Gasteiger partial charge in [0, 0.05) is 18.0 Å². The summed E-state index contributed by atoms with van der Waals surface area (Å²) >= 11 is 0. The van der Waals surface area contributed by atoms with Gasteiger partial charge in [-0.05, 0) is 48.9 Å². The van der Waals surface area contributed by atoms with Crippen LogP contribution in [-0.2, 0) is 16.4 Å². The van der Waals surface area contributed by atoms with Crippen molar-refractivity contribution in [3.63, 3.8) is 0 Å². The van der Waals surface area contributed by atoms with Crippen LogP contribution in [0.3, 0.4) is 0 Å². The molecule has 2 aromatic rings. The minimum absolute atomic E-state index is 0.142. The smallest absolute Gasteiger partial charge is 0.211 e. The summed E-state index contributed by atoms with van der Waals surface area (Å²) in [5.41, 5.74) is 2.50. The molecule has 0 aromatic heterocycles. The van der Waals surface area contributed by atoms with Gasteiger partial charge in [-0.3, -0.25) is 0 Å². The monoisotopic (exact) mass is 417 g/mol. The Morgan fingerprint density at radius 1 is 1.14 bits per heavy atom. The molecule has 158 valence electrons. The highest BCUT2D eigenvalue weighted by molar-refractivity contribution is 7.89. The molecule has 0 saturated heterocycles. The number of hydrogen-bond donors (Lipinski definition) is 1. The van der Waals surface area contributed by atoms with E-state index in [9.17, 15) is 8.42 Å². The third kappa shape index (κ3) is 5.97. The Hall–Kier alpha value is -2.05. The molecule has 6 heteroatoms. The molecule has 0 bridgehead atoms. The molecule has 0 amide bonds. The van der Waals surface area contributed by atoms with Crippen molar-refractivity contribution in [2.75, 3.05) is 25.5 Å². The van der Waals surface area contributed by atoms with Gasteiger partial charge in [-0.1, -0.05) is 44.2 Å². The Morgan fingerprint density at radius 3 is 2.66 bits per heavy atom. The number of hydrogen-bond acceptors (Lipinski definition) is 4. The third-order valence-electron chi connectivity index (χ3n) is 5.39. The predicted molar refractivity (Wildman–Crippen MR) is 116 cm³/mol. The van der Waals surface area contributed by atoms with E-state index in [-0.39, 0.29) is 12.3 Å². The van der Waals surface area contributed by atoms with E-state index >= 15 is 0 Å². The number of nitrogens with one attached hydrogen (secondary N) is 1. The topological polar surface area (TPSA) is 64.6 Å². The Labute approximate surface area is 174 Å². The van der Waals surface area contributed by atoms with Crippen LogP contribution in [0.15, 0.2) is 48.5 Å². The summed E-state index contributed by atoms with van der Waals surface area (Å²) in [5, 5.41) is 0. The zero-order valence-electron chi connectivity index (χ0n) is 17.3. The van der Waals surface area contributed by atoms with Crippen LogP contribution in [0.2, 0.25) is 0 Å². The SMILES string of the molecule is CCCS(=O)(=O)NCCOc1ccc2c(c1)C(Cc1ccccc1)C(CC)CO2. The lowest BCUT2D eigenvalue weighted by Gasteiger charge is -2.33. The van der Waals surface area contributed by atoms with Gasteiger partial charge in [0.1, 0.15) is 18.1 Å². The average molecular weight is 418 g/mol. The number of rotatable bonds is 10. The van der Waals surface area contributed by atoms with E-state index in [1.54, 1.807) is 0 Å². The molecule has 0 radical (unpaired) electrons. The van der Waals surface area contributed by atoms with E-state index in [4.69, 9.17) is 9.47 Å². The fraction of sp³-hybridized carbons (Fsp3) is 0.478. The van der Waals surface area contributed by atoms with Gasteiger partial charge in [0.2, 0.25) is 10.0 Å². The minimum Gasteiger partial charge on any atom is -0.493 e.